The SMILES string of the molecule is COc1ccccc1SC[C@@H]1C[C@H](c2ccc(CO)cc2)O[C@H](c2cccc(NC(C)=O)c2)O1. The molecular weight excluding hydrogens is 450 g/mol. The number of anilines is 1. The second-order valence-electron chi connectivity index (χ2n) is 8.12. The highest BCUT2D eigenvalue weighted by molar-refractivity contribution is 7.99. The minimum absolute atomic E-state index is 0.00561. The molecule has 1 heterocycles. The van der Waals surface area contributed by atoms with Gasteiger partial charge in [-0.1, -0.05) is 48.5 Å². The summed E-state index contributed by atoms with van der Waals surface area (Å²) in [4.78, 5) is 12.6. The van der Waals surface area contributed by atoms with E-state index >= 15 is 0 Å². The first-order chi connectivity index (χ1) is 16.6. The van der Waals surface area contributed by atoms with Crippen LogP contribution in [0, 0.1) is 0 Å². The van der Waals surface area contributed by atoms with Crippen LogP contribution in [0.25, 0.3) is 0 Å². The molecule has 6 nitrogen and oxygen atoms in total. The van der Waals surface area contributed by atoms with Gasteiger partial charge in [0.2, 0.25) is 5.91 Å². The van der Waals surface area contributed by atoms with Crippen LogP contribution < -0.4 is 10.1 Å². The van der Waals surface area contributed by atoms with Crippen LogP contribution in [0.3, 0.4) is 0 Å². The number of nitrogens with one attached hydrogen (secondary N) is 1. The van der Waals surface area contributed by atoms with Crippen molar-refractivity contribution in [3.63, 3.8) is 0 Å². The van der Waals surface area contributed by atoms with Crippen molar-refractivity contribution < 1.29 is 24.1 Å². The number of ether oxygens (including phenoxy) is 3. The lowest BCUT2D eigenvalue weighted by Crippen LogP contribution is -2.31. The van der Waals surface area contributed by atoms with E-state index in [0.29, 0.717) is 12.1 Å². The highest BCUT2D eigenvalue weighted by atomic mass is 32.2. The van der Waals surface area contributed by atoms with Gasteiger partial charge in [0.15, 0.2) is 6.29 Å². The maximum absolute atomic E-state index is 11.5. The third-order valence-corrected chi connectivity index (χ3v) is 6.77. The Hall–Kier alpha value is -2.84. The van der Waals surface area contributed by atoms with Gasteiger partial charge < -0.3 is 24.6 Å². The zero-order chi connectivity index (χ0) is 23.9. The van der Waals surface area contributed by atoms with Crippen molar-refractivity contribution in [2.24, 2.45) is 0 Å². The predicted molar refractivity (Wildman–Crippen MR) is 133 cm³/mol. The molecule has 34 heavy (non-hydrogen) atoms. The van der Waals surface area contributed by atoms with E-state index in [4.69, 9.17) is 14.2 Å². The van der Waals surface area contributed by atoms with Gasteiger partial charge >= 0.3 is 0 Å². The third-order valence-electron chi connectivity index (χ3n) is 5.59. The zero-order valence-corrected chi connectivity index (χ0v) is 20.1. The number of hydrogen-bond acceptors (Lipinski definition) is 6. The number of carbonyl (C=O) groups excluding carboxylic acids is 1. The molecular formula is C27H29NO5S. The Morgan fingerprint density at radius 1 is 1.06 bits per heavy atom. The van der Waals surface area contributed by atoms with Gasteiger partial charge in [0.05, 0.1) is 25.9 Å². The fourth-order valence-corrected chi connectivity index (χ4v) is 4.96. The van der Waals surface area contributed by atoms with E-state index < -0.39 is 6.29 Å². The van der Waals surface area contributed by atoms with Crippen LogP contribution >= 0.6 is 11.8 Å². The van der Waals surface area contributed by atoms with E-state index in [1.807, 2.05) is 72.8 Å². The number of aliphatic hydroxyl groups excluding tert-OH is 1. The zero-order valence-electron chi connectivity index (χ0n) is 19.3. The second kappa shape index (κ2) is 11.5. The molecule has 4 rings (SSSR count). The van der Waals surface area contributed by atoms with Gasteiger partial charge in [0, 0.05) is 35.2 Å². The van der Waals surface area contributed by atoms with Crippen LogP contribution in [0.1, 0.15) is 42.4 Å². The summed E-state index contributed by atoms with van der Waals surface area (Å²) >= 11 is 1.69. The van der Waals surface area contributed by atoms with E-state index in [9.17, 15) is 9.90 Å². The van der Waals surface area contributed by atoms with Crippen LogP contribution in [0.15, 0.2) is 77.7 Å². The minimum atomic E-state index is -0.576. The number of methoxy groups -OCH3 is 1. The van der Waals surface area contributed by atoms with Gasteiger partial charge in [-0.25, -0.2) is 0 Å². The number of hydrogen-bond donors (Lipinski definition) is 2. The highest BCUT2D eigenvalue weighted by Gasteiger charge is 2.32. The standard InChI is InChI=1S/C27H29NO5S/c1-18(30)28-22-7-5-6-21(14-22)27-32-23(17-34-26-9-4-3-8-24(26)31-2)15-25(33-27)20-12-10-19(16-29)11-13-20/h3-14,23,25,27,29H,15-17H2,1-2H3,(H,28,30)/t23-,25+,27+/m0/s1. The number of thioether (sulfide) groups is 1. The average molecular weight is 480 g/mol. The first-order valence-corrected chi connectivity index (χ1v) is 12.2. The lowest BCUT2D eigenvalue weighted by molar-refractivity contribution is -0.245. The number of aliphatic hydroxyl groups is 1. The molecule has 3 atom stereocenters. The quantitative estimate of drug-likeness (QED) is 0.417. The molecule has 1 fully saturated rings. The maximum atomic E-state index is 11.5. The fourth-order valence-electron chi connectivity index (χ4n) is 3.91. The monoisotopic (exact) mass is 479 g/mol. The second-order valence-corrected chi connectivity index (χ2v) is 9.18. The summed E-state index contributed by atoms with van der Waals surface area (Å²) in [6, 6.07) is 23.3. The summed E-state index contributed by atoms with van der Waals surface area (Å²) in [7, 11) is 1.68. The van der Waals surface area contributed by atoms with E-state index in [0.717, 1.165) is 33.1 Å². The largest absolute Gasteiger partial charge is 0.496 e. The van der Waals surface area contributed by atoms with E-state index in [1.165, 1.54) is 6.92 Å². The normalized spacial score (nSPS) is 20.0. The molecule has 0 radical (unpaired) electrons. The molecule has 0 unspecified atom stereocenters. The highest BCUT2D eigenvalue weighted by Crippen LogP contribution is 2.40. The van der Waals surface area contributed by atoms with E-state index in [2.05, 4.69) is 5.32 Å². The number of amides is 1. The number of carbonyl (C=O) groups is 1. The molecule has 0 aliphatic carbocycles. The molecule has 3 aromatic rings. The predicted octanol–water partition coefficient (Wildman–Crippen LogP) is 5.48. The van der Waals surface area contributed by atoms with Gasteiger partial charge in [-0.2, -0.15) is 0 Å². The van der Waals surface area contributed by atoms with Gasteiger partial charge in [0.25, 0.3) is 0 Å². The summed E-state index contributed by atoms with van der Waals surface area (Å²) in [6.45, 7) is 1.49. The molecule has 1 amide bonds. The Balaban J connectivity index is 1.56. The Kier molecular flexibility index (Phi) is 8.24. The third kappa shape index (κ3) is 6.18. The van der Waals surface area contributed by atoms with Gasteiger partial charge in [-0.15, -0.1) is 11.8 Å². The molecule has 178 valence electrons. The molecule has 7 heteroatoms. The summed E-state index contributed by atoms with van der Waals surface area (Å²) in [5.74, 6) is 1.45. The lowest BCUT2D eigenvalue weighted by Gasteiger charge is -2.36. The minimum Gasteiger partial charge on any atom is -0.496 e. The Morgan fingerprint density at radius 2 is 1.85 bits per heavy atom. The average Bonchev–Trinajstić information content (AvgIpc) is 2.87. The Labute approximate surface area is 204 Å². The van der Waals surface area contributed by atoms with Crippen LogP contribution in [-0.2, 0) is 20.9 Å². The molecule has 1 aliphatic heterocycles. The topological polar surface area (TPSA) is 77.0 Å². The first-order valence-electron chi connectivity index (χ1n) is 11.2. The van der Waals surface area contributed by atoms with Gasteiger partial charge in [-0.05, 0) is 35.4 Å². The van der Waals surface area contributed by atoms with E-state index in [-0.39, 0.29) is 24.7 Å². The summed E-state index contributed by atoms with van der Waals surface area (Å²) in [5.41, 5.74) is 3.44. The molecule has 0 aromatic heterocycles. The van der Waals surface area contributed by atoms with Crippen molar-refractivity contribution in [1.82, 2.24) is 0 Å². The van der Waals surface area contributed by atoms with Crippen molar-refractivity contribution in [3.05, 3.63) is 89.5 Å². The first kappa shape index (κ1) is 24.3. The molecule has 3 aromatic carbocycles. The molecule has 1 aliphatic rings. The summed E-state index contributed by atoms with van der Waals surface area (Å²) in [6.07, 6.45) is -0.115. The number of rotatable bonds is 8. The number of para-hydroxylation sites is 1. The van der Waals surface area contributed by atoms with Crippen molar-refractivity contribution in [1.29, 1.82) is 0 Å². The summed E-state index contributed by atoms with van der Waals surface area (Å²) in [5, 5.41) is 12.2. The van der Waals surface area contributed by atoms with Crippen molar-refractivity contribution in [2.75, 3.05) is 18.2 Å². The Morgan fingerprint density at radius 3 is 2.59 bits per heavy atom. The van der Waals surface area contributed by atoms with Crippen molar-refractivity contribution in [3.8, 4) is 5.75 Å². The van der Waals surface area contributed by atoms with Crippen molar-refractivity contribution in [2.45, 2.75) is 43.3 Å². The molecule has 0 bridgehead atoms. The van der Waals surface area contributed by atoms with Crippen LogP contribution in [0.2, 0.25) is 0 Å². The Bertz CT molecular complexity index is 1100. The smallest absolute Gasteiger partial charge is 0.221 e. The summed E-state index contributed by atoms with van der Waals surface area (Å²) < 4.78 is 18.3. The molecule has 2 N–H and O–H groups in total. The van der Waals surface area contributed by atoms with Crippen LogP contribution in [0.5, 0.6) is 5.75 Å². The van der Waals surface area contributed by atoms with Gasteiger partial charge in [0.1, 0.15) is 5.75 Å². The molecule has 0 spiro atoms. The fraction of sp³-hybridized carbons (Fsp3) is 0.296. The molecule has 0 saturated carbocycles. The maximum Gasteiger partial charge on any atom is 0.221 e. The van der Waals surface area contributed by atoms with Crippen LogP contribution in [0.4, 0.5) is 5.69 Å². The van der Waals surface area contributed by atoms with Crippen LogP contribution in [-0.4, -0.2) is 30.0 Å². The van der Waals surface area contributed by atoms with Crippen molar-refractivity contribution >= 4 is 23.4 Å². The lowest BCUT2D eigenvalue weighted by atomic mass is 10.0. The van der Waals surface area contributed by atoms with Gasteiger partial charge in [-0.3, -0.25) is 4.79 Å². The van der Waals surface area contributed by atoms with E-state index in [1.54, 1.807) is 18.9 Å². The molecule has 1 saturated heterocycles. The number of benzene rings is 3.